The van der Waals surface area contributed by atoms with Crippen LogP contribution >= 0.6 is 23.2 Å². The second kappa shape index (κ2) is 11.6. The monoisotopic (exact) mass is 558 g/mol. The van der Waals surface area contributed by atoms with Gasteiger partial charge in [-0.1, -0.05) is 29.3 Å². The minimum atomic E-state index is -0.584. The second-order valence-corrected chi connectivity index (χ2v) is 11.0. The molecular weight excluding hydrogens is 530 g/mol. The molecule has 2 N–H and O–H groups in total. The molecule has 0 atom stereocenters. The maximum Gasteiger partial charge on any atom is 0.407 e. The summed E-state index contributed by atoms with van der Waals surface area (Å²) >= 11 is 12.2. The third-order valence-electron chi connectivity index (χ3n) is 5.96. The molecule has 38 heavy (non-hydrogen) atoms. The number of anilines is 2. The highest BCUT2D eigenvalue weighted by Crippen LogP contribution is 2.39. The largest absolute Gasteiger partial charge is 0.444 e. The Balaban J connectivity index is 1.63. The highest BCUT2D eigenvalue weighted by molar-refractivity contribution is 6.31. The second-order valence-electron chi connectivity index (χ2n) is 10.1. The number of nitrogens with zero attached hydrogens (tertiary/aromatic N) is 2. The number of aromatic nitrogens is 1. The Morgan fingerprint density at radius 2 is 1.79 bits per heavy atom. The number of piperidine rings is 1. The maximum absolute atomic E-state index is 14.3. The summed E-state index contributed by atoms with van der Waals surface area (Å²) in [5.74, 6) is -0.835. The van der Waals surface area contributed by atoms with E-state index < -0.39 is 17.5 Å². The van der Waals surface area contributed by atoms with Gasteiger partial charge < -0.3 is 20.3 Å². The van der Waals surface area contributed by atoms with Crippen LogP contribution in [0.1, 0.15) is 44.0 Å². The van der Waals surface area contributed by atoms with E-state index in [4.69, 9.17) is 27.9 Å². The van der Waals surface area contributed by atoms with Gasteiger partial charge in [0.1, 0.15) is 11.4 Å². The molecule has 2 amide bonds. The molecule has 2 heterocycles. The van der Waals surface area contributed by atoms with Crippen LogP contribution in [0.25, 0.3) is 11.1 Å². The van der Waals surface area contributed by atoms with Crippen molar-refractivity contribution < 1.29 is 18.7 Å². The van der Waals surface area contributed by atoms with Gasteiger partial charge >= 0.3 is 6.09 Å². The standard InChI is InChI=1S/C28H29Cl2FN4O3/c1-28(2,3)38-27(37)33-22-7-9-35(10-8-22)25-23(18-12-20(30)14-21(31)13-18)15-32-16-24(25)34-26(36)17-5-4-6-19(29)11-17/h4-6,11-16,22H,7-10H2,1-3H3,(H,33,37)(H,34,36). The topological polar surface area (TPSA) is 83.6 Å². The molecule has 0 radical (unpaired) electrons. The maximum atomic E-state index is 14.3. The Morgan fingerprint density at radius 1 is 1.05 bits per heavy atom. The molecule has 0 saturated carbocycles. The fourth-order valence-corrected chi connectivity index (χ4v) is 4.76. The first kappa shape index (κ1) is 27.7. The molecule has 4 rings (SSSR count). The van der Waals surface area contributed by atoms with Crippen LogP contribution in [-0.2, 0) is 4.74 Å². The highest BCUT2D eigenvalue weighted by atomic mass is 35.5. The number of pyridine rings is 1. The summed E-state index contributed by atoms with van der Waals surface area (Å²) in [6.45, 7) is 6.59. The van der Waals surface area contributed by atoms with Crippen molar-refractivity contribution >= 4 is 46.6 Å². The number of benzene rings is 2. The summed E-state index contributed by atoms with van der Waals surface area (Å²) in [4.78, 5) is 31.8. The first-order valence-corrected chi connectivity index (χ1v) is 13.0. The van der Waals surface area contributed by atoms with E-state index in [1.54, 1.807) is 42.7 Å². The average molecular weight is 559 g/mol. The molecule has 0 aliphatic carbocycles. The average Bonchev–Trinajstić information content (AvgIpc) is 2.83. The lowest BCUT2D eigenvalue weighted by atomic mass is 10.00. The van der Waals surface area contributed by atoms with E-state index in [0.717, 1.165) is 0 Å². The predicted octanol–water partition coefficient (Wildman–Crippen LogP) is 6.94. The van der Waals surface area contributed by atoms with Gasteiger partial charge in [0.2, 0.25) is 0 Å². The van der Waals surface area contributed by atoms with Gasteiger partial charge in [-0.05, 0) is 75.6 Å². The molecule has 0 bridgehead atoms. The molecule has 0 spiro atoms. The first-order valence-electron chi connectivity index (χ1n) is 12.2. The van der Waals surface area contributed by atoms with E-state index >= 15 is 0 Å². The van der Waals surface area contributed by atoms with E-state index in [0.29, 0.717) is 59.0 Å². The van der Waals surface area contributed by atoms with Crippen molar-refractivity contribution in [1.29, 1.82) is 0 Å². The molecule has 1 aromatic heterocycles. The molecular formula is C28H29Cl2FN4O3. The molecule has 1 aliphatic rings. The molecule has 2 aromatic carbocycles. The summed E-state index contributed by atoms with van der Waals surface area (Å²) in [6, 6.07) is 10.8. The number of halogens is 3. The number of carbonyl (C=O) groups excluding carboxylic acids is 2. The molecule has 1 fully saturated rings. The Morgan fingerprint density at radius 3 is 2.45 bits per heavy atom. The summed E-state index contributed by atoms with van der Waals surface area (Å²) in [7, 11) is 0. The van der Waals surface area contributed by atoms with Crippen molar-refractivity contribution in [2.75, 3.05) is 23.3 Å². The van der Waals surface area contributed by atoms with Crippen LogP contribution in [-0.4, -0.2) is 41.7 Å². The van der Waals surface area contributed by atoms with E-state index in [-0.39, 0.29) is 17.0 Å². The molecule has 10 heteroatoms. The smallest absolute Gasteiger partial charge is 0.407 e. The van der Waals surface area contributed by atoms with Crippen LogP contribution in [0.3, 0.4) is 0 Å². The summed E-state index contributed by atoms with van der Waals surface area (Å²) < 4.78 is 19.7. The molecule has 3 aromatic rings. The van der Waals surface area contributed by atoms with E-state index in [1.165, 1.54) is 12.1 Å². The Kier molecular flexibility index (Phi) is 8.43. The number of amides is 2. The Hall–Kier alpha value is -3.36. The van der Waals surface area contributed by atoms with Crippen molar-refractivity contribution in [2.24, 2.45) is 0 Å². The van der Waals surface area contributed by atoms with E-state index in [2.05, 4.69) is 20.5 Å². The van der Waals surface area contributed by atoms with Crippen molar-refractivity contribution in [1.82, 2.24) is 10.3 Å². The lowest BCUT2D eigenvalue weighted by molar-refractivity contribution is 0.0497. The van der Waals surface area contributed by atoms with Crippen molar-refractivity contribution in [2.45, 2.75) is 45.3 Å². The Labute approximate surface area is 231 Å². The summed E-state index contributed by atoms with van der Waals surface area (Å²) in [5.41, 5.74) is 2.11. The minimum Gasteiger partial charge on any atom is -0.444 e. The van der Waals surface area contributed by atoms with Gasteiger partial charge in [0.25, 0.3) is 5.91 Å². The number of carbonyl (C=O) groups is 2. The lowest BCUT2D eigenvalue weighted by Gasteiger charge is -2.36. The van der Waals surface area contributed by atoms with Crippen molar-refractivity contribution in [3.05, 3.63) is 76.3 Å². The van der Waals surface area contributed by atoms with Crippen molar-refractivity contribution in [3.63, 3.8) is 0 Å². The van der Waals surface area contributed by atoms with Crippen LogP contribution in [0.15, 0.2) is 54.9 Å². The fraction of sp³-hybridized carbons (Fsp3) is 0.321. The van der Waals surface area contributed by atoms with Gasteiger partial charge in [-0.3, -0.25) is 9.78 Å². The third kappa shape index (κ3) is 7.14. The van der Waals surface area contributed by atoms with Crippen LogP contribution in [0, 0.1) is 5.82 Å². The summed E-state index contributed by atoms with van der Waals surface area (Å²) in [5, 5.41) is 6.57. The number of alkyl carbamates (subject to hydrolysis) is 1. The quantitative estimate of drug-likeness (QED) is 0.354. The molecule has 7 nitrogen and oxygen atoms in total. The number of hydrogen-bond acceptors (Lipinski definition) is 5. The van der Waals surface area contributed by atoms with Gasteiger partial charge in [-0.2, -0.15) is 0 Å². The molecule has 1 saturated heterocycles. The number of ether oxygens (including phenoxy) is 1. The molecule has 200 valence electrons. The number of rotatable bonds is 5. The van der Waals surface area contributed by atoms with E-state index in [9.17, 15) is 14.0 Å². The SMILES string of the molecule is CC(C)(C)OC(=O)NC1CCN(c2c(NC(=O)c3cccc(Cl)c3)cncc2-c2cc(F)cc(Cl)c2)CC1. The van der Waals surface area contributed by atoms with Gasteiger partial charge in [-0.25, -0.2) is 9.18 Å². The normalized spacial score (nSPS) is 14.2. The van der Waals surface area contributed by atoms with E-state index in [1.807, 2.05) is 20.8 Å². The minimum absolute atomic E-state index is 0.0699. The number of nitrogens with one attached hydrogen (secondary N) is 2. The zero-order valence-corrected chi connectivity index (χ0v) is 22.9. The fourth-order valence-electron chi connectivity index (χ4n) is 4.35. The van der Waals surface area contributed by atoms with Crippen LogP contribution in [0.5, 0.6) is 0 Å². The molecule has 0 unspecified atom stereocenters. The van der Waals surface area contributed by atoms with Gasteiger partial charge in [0.15, 0.2) is 0 Å². The molecule has 1 aliphatic heterocycles. The highest BCUT2D eigenvalue weighted by Gasteiger charge is 2.27. The number of hydrogen-bond donors (Lipinski definition) is 2. The lowest BCUT2D eigenvalue weighted by Crippen LogP contribution is -2.46. The van der Waals surface area contributed by atoms with Gasteiger partial charge in [0, 0.05) is 46.5 Å². The van der Waals surface area contributed by atoms with Crippen LogP contribution < -0.4 is 15.5 Å². The van der Waals surface area contributed by atoms with Crippen LogP contribution in [0.4, 0.5) is 20.6 Å². The Bertz CT molecular complexity index is 1320. The first-order chi connectivity index (χ1) is 18.0. The zero-order chi connectivity index (χ0) is 27.4. The zero-order valence-electron chi connectivity index (χ0n) is 21.4. The summed E-state index contributed by atoms with van der Waals surface area (Å²) in [6.07, 6.45) is 4.02. The van der Waals surface area contributed by atoms with Gasteiger partial charge in [-0.15, -0.1) is 0 Å². The van der Waals surface area contributed by atoms with Gasteiger partial charge in [0.05, 0.1) is 17.6 Å². The predicted molar refractivity (Wildman–Crippen MR) is 149 cm³/mol. The third-order valence-corrected chi connectivity index (χ3v) is 6.41. The van der Waals surface area contributed by atoms with Crippen LogP contribution in [0.2, 0.25) is 10.0 Å². The van der Waals surface area contributed by atoms with Crippen molar-refractivity contribution in [3.8, 4) is 11.1 Å².